The third kappa shape index (κ3) is 6.87. The maximum atomic E-state index is 7.02. The first-order valence-corrected chi connectivity index (χ1v) is 28.8. The van der Waals surface area contributed by atoms with E-state index in [9.17, 15) is 0 Å². The Hall–Kier alpha value is -1.74. The van der Waals surface area contributed by atoms with Gasteiger partial charge in [-0.05, 0) is 0 Å². The third-order valence-corrected chi connectivity index (χ3v) is 35.7. The predicted octanol–water partition coefficient (Wildman–Crippen LogP) is 12.8. The van der Waals surface area contributed by atoms with Gasteiger partial charge in [0.2, 0.25) is 0 Å². The van der Waals surface area contributed by atoms with Gasteiger partial charge in [-0.2, -0.15) is 0 Å². The Morgan fingerprint density at radius 2 is 1.08 bits per heavy atom. The van der Waals surface area contributed by atoms with Crippen LogP contribution in [0.15, 0.2) is 88.3 Å². The SMILES string of the molecule is Cl.Cl.[CH2]=[Hf]([C]1=CC=CC1)([c]1cccc(Cl)c1)([c]1cccc(Cl)c1)[c]1c2c(cc(C(C)(C)C)c1C(C)(C)C)-c1cc(C(C)(C)C)c(C(C)(C)C)cc1C2. The first-order chi connectivity index (χ1) is 23.0. The van der Waals surface area contributed by atoms with Gasteiger partial charge < -0.3 is 0 Å². The zero-order valence-electron chi connectivity index (χ0n) is 33.3. The van der Waals surface area contributed by atoms with Crippen LogP contribution in [0.5, 0.6) is 0 Å². The van der Waals surface area contributed by atoms with Crippen molar-refractivity contribution in [1.29, 1.82) is 0 Å². The molecule has 0 saturated heterocycles. The molecule has 52 heavy (non-hydrogen) atoms. The second-order valence-electron chi connectivity index (χ2n) is 19.2. The van der Waals surface area contributed by atoms with Crippen LogP contribution in [0.3, 0.4) is 0 Å². The first kappa shape index (κ1) is 43.0. The Kier molecular flexibility index (Phi) is 11.6. The molecule has 0 heterocycles. The number of halogens is 4. The van der Waals surface area contributed by atoms with Crippen molar-refractivity contribution in [3.05, 3.63) is 132 Å². The van der Waals surface area contributed by atoms with Crippen molar-refractivity contribution in [3.8, 4) is 11.1 Å². The quantitative estimate of drug-likeness (QED) is 0.158. The second-order valence-corrected chi connectivity index (χ2v) is 38.8. The van der Waals surface area contributed by atoms with E-state index in [1.54, 1.807) is 0 Å². The van der Waals surface area contributed by atoms with Gasteiger partial charge in [0.25, 0.3) is 0 Å². The van der Waals surface area contributed by atoms with E-state index in [1.807, 2.05) is 12.1 Å². The second kappa shape index (κ2) is 14.1. The molecule has 278 valence electrons. The van der Waals surface area contributed by atoms with Crippen LogP contribution in [-0.4, -0.2) is 4.26 Å². The fourth-order valence-electron chi connectivity index (χ4n) is 9.11. The third-order valence-electron chi connectivity index (χ3n) is 11.5. The fraction of sp³-hybridized carbons (Fsp3) is 0.383. The average molecular weight is 943 g/mol. The molecule has 4 aromatic carbocycles. The summed E-state index contributed by atoms with van der Waals surface area (Å²) in [6, 6.07) is 25.1. The molecule has 2 aliphatic rings. The molecule has 6 rings (SSSR count). The fourth-order valence-corrected chi connectivity index (χ4v) is 34.7. The van der Waals surface area contributed by atoms with Gasteiger partial charge in [-0.3, -0.25) is 0 Å². The number of fused-ring (bicyclic) bond motifs is 3. The molecule has 0 saturated carbocycles. The number of rotatable bonds is 4. The van der Waals surface area contributed by atoms with Crippen LogP contribution in [0.4, 0.5) is 0 Å². The van der Waals surface area contributed by atoms with Gasteiger partial charge in [-0.15, -0.1) is 24.8 Å². The van der Waals surface area contributed by atoms with E-state index < -0.39 is 18.0 Å². The number of benzene rings is 4. The van der Waals surface area contributed by atoms with Gasteiger partial charge in [0.1, 0.15) is 0 Å². The van der Waals surface area contributed by atoms with Crippen molar-refractivity contribution in [2.45, 2.75) is 118 Å². The van der Waals surface area contributed by atoms with Crippen molar-refractivity contribution < 1.29 is 18.0 Å². The molecule has 0 amide bonds. The molecule has 2 aliphatic carbocycles. The predicted molar refractivity (Wildman–Crippen MR) is 235 cm³/mol. The Labute approximate surface area is 337 Å². The zero-order valence-corrected chi connectivity index (χ0v) is 40.0. The molecule has 4 aromatic rings. The molecule has 0 spiro atoms. The summed E-state index contributed by atoms with van der Waals surface area (Å²) in [5, 5.41) is 1.49. The summed E-state index contributed by atoms with van der Waals surface area (Å²) in [6.07, 6.45) is 8.70. The molecular formula is C47H58Cl4Hf. The van der Waals surface area contributed by atoms with Gasteiger partial charge in [0.15, 0.2) is 0 Å². The van der Waals surface area contributed by atoms with E-state index >= 15 is 0 Å². The summed E-state index contributed by atoms with van der Waals surface area (Å²) >= 11 is 8.65. The minimum atomic E-state index is -5.38. The Morgan fingerprint density at radius 3 is 1.50 bits per heavy atom. The van der Waals surface area contributed by atoms with Crippen LogP contribution in [-0.2, 0) is 46.1 Å². The summed E-state index contributed by atoms with van der Waals surface area (Å²) in [6.45, 7) is 28.5. The van der Waals surface area contributed by atoms with Crippen molar-refractivity contribution in [3.63, 3.8) is 0 Å². The van der Waals surface area contributed by atoms with E-state index in [0.717, 1.165) is 22.9 Å². The van der Waals surface area contributed by atoms with Gasteiger partial charge in [0, 0.05) is 0 Å². The van der Waals surface area contributed by atoms with E-state index in [2.05, 4.69) is 156 Å². The minimum absolute atomic E-state index is 0. The first-order valence-electron chi connectivity index (χ1n) is 18.3. The Morgan fingerprint density at radius 1 is 0.596 bits per heavy atom. The molecule has 0 aromatic heterocycles. The van der Waals surface area contributed by atoms with E-state index in [0.29, 0.717) is 0 Å². The maximum absolute atomic E-state index is 7.02. The van der Waals surface area contributed by atoms with Crippen LogP contribution >= 0.6 is 48.0 Å². The topological polar surface area (TPSA) is 0 Å². The van der Waals surface area contributed by atoms with Crippen LogP contribution in [0, 0.1) is 0 Å². The number of hydrogen-bond donors (Lipinski definition) is 0. The van der Waals surface area contributed by atoms with Crippen LogP contribution < -0.4 is 9.96 Å². The standard InChI is InChI=1S/C29H41.2C6H4Cl.C5H5.CH2.2ClH.Hf/c1-26(2,3)22-14-18-13-19-15-23(27(4,5)6)25(29(10,11)12)17-21(19)20(18)16-24(22)28(7,8)9;2*7-6-4-2-1-3-5-6;1-2-4-5-3-1;;;;/h14,16-17H,13H2,1-12H3;2*1-2,4-5H;1-3H,4H2;1H2;2*1H;. The molecule has 0 fully saturated rings. The number of allylic oxidation sites excluding steroid dienone is 4. The van der Waals surface area contributed by atoms with Gasteiger partial charge in [-0.25, -0.2) is 0 Å². The molecule has 0 nitrogen and oxygen atoms in total. The van der Waals surface area contributed by atoms with Crippen molar-refractivity contribution >= 4 is 62.2 Å². The Bertz CT molecular complexity index is 2120. The van der Waals surface area contributed by atoms with Gasteiger partial charge in [0.05, 0.1) is 0 Å². The summed E-state index contributed by atoms with van der Waals surface area (Å²) in [7, 11) is 0. The summed E-state index contributed by atoms with van der Waals surface area (Å²) < 4.78 is 11.3. The molecule has 0 atom stereocenters. The van der Waals surface area contributed by atoms with Gasteiger partial charge in [-0.1, -0.05) is 0 Å². The zero-order chi connectivity index (χ0) is 36.8. The monoisotopic (exact) mass is 942 g/mol. The van der Waals surface area contributed by atoms with Crippen molar-refractivity contribution in [1.82, 2.24) is 0 Å². The normalized spacial score (nSPS) is 14.7. The van der Waals surface area contributed by atoms with E-state index in [1.165, 1.54) is 57.8 Å². The molecule has 0 unspecified atom stereocenters. The van der Waals surface area contributed by atoms with Crippen LogP contribution in [0.25, 0.3) is 11.1 Å². The molecule has 0 aliphatic heterocycles. The van der Waals surface area contributed by atoms with Crippen molar-refractivity contribution in [2.24, 2.45) is 0 Å². The summed E-state index contributed by atoms with van der Waals surface area (Å²) in [5.41, 5.74) is 11.1. The summed E-state index contributed by atoms with van der Waals surface area (Å²) in [5.74, 6) is 0. The van der Waals surface area contributed by atoms with Crippen LogP contribution in [0.1, 0.15) is 123 Å². The number of hydrogen-bond acceptors (Lipinski definition) is 0. The molecular weight excluding hydrogens is 885 g/mol. The molecule has 5 heteroatoms. The van der Waals surface area contributed by atoms with E-state index in [4.69, 9.17) is 27.5 Å². The molecule has 0 radical (unpaired) electrons. The average Bonchev–Trinajstić information content (AvgIpc) is 3.66. The Balaban J connectivity index is 0.00000302. The van der Waals surface area contributed by atoms with Gasteiger partial charge >= 0.3 is 316 Å². The van der Waals surface area contributed by atoms with Crippen molar-refractivity contribution in [2.75, 3.05) is 0 Å². The molecule has 0 N–H and O–H groups in total. The van der Waals surface area contributed by atoms with E-state index in [-0.39, 0.29) is 46.5 Å². The molecule has 0 bridgehead atoms. The summed E-state index contributed by atoms with van der Waals surface area (Å²) in [4.78, 5) is 0. The van der Waals surface area contributed by atoms with Crippen LogP contribution in [0.2, 0.25) is 10.0 Å².